The van der Waals surface area contributed by atoms with Gasteiger partial charge in [0.15, 0.2) is 11.5 Å². The van der Waals surface area contributed by atoms with Crippen LogP contribution >= 0.6 is 0 Å². The van der Waals surface area contributed by atoms with Gasteiger partial charge in [0.25, 0.3) is 0 Å². The number of benzene rings is 2. The van der Waals surface area contributed by atoms with Crippen molar-refractivity contribution in [3.8, 4) is 23.0 Å². The number of ether oxygens (including phenoxy) is 3. The topological polar surface area (TPSA) is 94.1 Å². The van der Waals surface area contributed by atoms with Crippen molar-refractivity contribution >= 4 is 10.0 Å². The Kier molecular flexibility index (Phi) is 6.33. The molecule has 0 fully saturated rings. The number of methoxy groups -OCH3 is 3. The fourth-order valence-electron chi connectivity index (χ4n) is 2.57. The highest BCUT2D eigenvalue weighted by molar-refractivity contribution is 7.89. The lowest BCUT2D eigenvalue weighted by Crippen LogP contribution is -2.34. The molecule has 0 aliphatic carbocycles. The van der Waals surface area contributed by atoms with Gasteiger partial charge in [0.2, 0.25) is 15.8 Å². The van der Waals surface area contributed by atoms with E-state index in [9.17, 15) is 13.5 Å². The molecule has 2 N–H and O–H groups in total. The lowest BCUT2D eigenvalue weighted by molar-refractivity contribution is 0.322. The van der Waals surface area contributed by atoms with Crippen molar-refractivity contribution in [2.45, 2.75) is 24.3 Å². The Balaban J connectivity index is 2.24. The van der Waals surface area contributed by atoms with E-state index in [1.807, 2.05) is 0 Å². The molecule has 2 rings (SSSR count). The zero-order valence-corrected chi connectivity index (χ0v) is 16.0. The fourth-order valence-corrected chi connectivity index (χ4v) is 3.85. The van der Waals surface area contributed by atoms with Crippen LogP contribution in [0.25, 0.3) is 0 Å². The van der Waals surface area contributed by atoms with Gasteiger partial charge in [-0.05, 0) is 31.0 Å². The summed E-state index contributed by atoms with van der Waals surface area (Å²) in [6.07, 6.45) is 0.476. The van der Waals surface area contributed by atoms with E-state index in [2.05, 4.69) is 4.72 Å². The molecular formula is C18H23NO6S. The van der Waals surface area contributed by atoms with Gasteiger partial charge in [0.05, 0.1) is 26.2 Å². The SMILES string of the molecule is COc1cc(S(=O)(=O)NC(C)Cc2ccc(O)cc2)cc(OC)c1OC. The average Bonchev–Trinajstić information content (AvgIpc) is 2.61. The maximum Gasteiger partial charge on any atom is 0.241 e. The van der Waals surface area contributed by atoms with Gasteiger partial charge in [-0.1, -0.05) is 12.1 Å². The molecule has 0 aliphatic rings. The van der Waals surface area contributed by atoms with Gasteiger partial charge < -0.3 is 19.3 Å². The molecule has 0 saturated heterocycles. The van der Waals surface area contributed by atoms with Crippen LogP contribution in [0.1, 0.15) is 12.5 Å². The molecule has 8 heteroatoms. The maximum absolute atomic E-state index is 12.7. The summed E-state index contributed by atoms with van der Waals surface area (Å²) in [5.74, 6) is 1.02. The molecule has 2 aromatic carbocycles. The number of phenols is 1. The van der Waals surface area contributed by atoms with E-state index >= 15 is 0 Å². The molecule has 0 aliphatic heterocycles. The Morgan fingerprint density at radius 1 is 1.00 bits per heavy atom. The Labute approximate surface area is 153 Å². The van der Waals surface area contributed by atoms with Crippen LogP contribution < -0.4 is 18.9 Å². The molecule has 0 heterocycles. The van der Waals surface area contributed by atoms with Crippen LogP contribution in [0.3, 0.4) is 0 Å². The lowest BCUT2D eigenvalue weighted by atomic mass is 10.1. The molecule has 1 unspecified atom stereocenters. The Hall–Kier alpha value is -2.45. The molecule has 0 bridgehead atoms. The van der Waals surface area contributed by atoms with Gasteiger partial charge in [-0.3, -0.25) is 0 Å². The van der Waals surface area contributed by atoms with Crippen LogP contribution in [0.4, 0.5) is 0 Å². The van der Waals surface area contributed by atoms with E-state index in [0.29, 0.717) is 12.2 Å². The van der Waals surface area contributed by atoms with Crippen molar-refractivity contribution in [1.82, 2.24) is 4.72 Å². The second kappa shape index (κ2) is 8.29. The fraction of sp³-hybridized carbons (Fsp3) is 0.333. The van der Waals surface area contributed by atoms with Crippen molar-refractivity contribution in [2.24, 2.45) is 0 Å². The number of hydrogen-bond donors (Lipinski definition) is 2. The largest absolute Gasteiger partial charge is 0.508 e. The number of nitrogens with one attached hydrogen (secondary N) is 1. The third kappa shape index (κ3) is 4.59. The summed E-state index contributed by atoms with van der Waals surface area (Å²) < 4.78 is 43.7. The van der Waals surface area contributed by atoms with E-state index in [1.165, 1.54) is 33.5 Å². The molecule has 2 aromatic rings. The van der Waals surface area contributed by atoms with Crippen LogP contribution in [0, 0.1) is 0 Å². The van der Waals surface area contributed by atoms with Gasteiger partial charge in [0, 0.05) is 18.2 Å². The highest BCUT2D eigenvalue weighted by Crippen LogP contribution is 2.39. The predicted molar refractivity (Wildman–Crippen MR) is 97.7 cm³/mol. The summed E-state index contributed by atoms with van der Waals surface area (Å²) in [4.78, 5) is 0.0181. The first-order valence-corrected chi connectivity index (χ1v) is 9.39. The highest BCUT2D eigenvalue weighted by Gasteiger charge is 2.23. The van der Waals surface area contributed by atoms with E-state index in [0.717, 1.165) is 5.56 Å². The summed E-state index contributed by atoms with van der Waals surface area (Å²) in [6, 6.07) is 9.04. The first-order valence-electron chi connectivity index (χ1n) is 7.91. The third-order valence-corrected chi connectivity index (χ3v) is 5.35. The quantitative estimate of drug-likeness (QED) is 0.729. The minimum Gasteiger partial charge on any atom is -0.508 e. The molecule has 0 spiro atoms. The van der Waals surface area contributed by atoms with E-state index in [-0.39, 0.29) is 28.2 Å². The van der Waals surface area contributed by atoms with E-state index < -0.39 is 10.0 Å². The Bertz CT molecular complexity index is 823. The van der Waals surface area contributed by atoms with Crippen LogP contribution in [-0.4, -0.2) is 40.9 Å². The molecule has 7 nitrogen and oxygen atoms in total. The lowest BCUT2D eigenvalue weighted by Gasteiger charge is -2.17. The van der Waals surface area contributed by atoms with Gasteiger partial charge >= 0.3 is 0 Å². The number of phenolic OH excluding ortho intramolecular Hbond substituents is 1. The molecule has 0 saturated carbocycles. The average molecular weight is 381 g/mol. The van der Waals surface area contributed by atoms with Gasteiger partial charge in [0.1, 0.15) is 5.75 Å². The van der Waals surface area contributed by atoms with Crippen molar-refractivity contribution in [3.05, 3.63) is 42.0 Å². The van der Waals surface area contributed by atoms with Gasteiger partial charge in [-0.25, -0.2) is 13.1 Å². The monoisotopic (exact) mass is 381 g/mol. The standard InChI is InChI=1S/C18H23NO6S/c1-12(9-13-5-7-14(20)8-6-13)19-26(21,22)15-10-16(23-2)18(25-4)17(11-15)24-3/h5-8,10-12,19-20H,9H2,1-4H3. The van der Waals surface area contributed by atoms with Crippen molar-refractivity contribution < 1.29 is 27.7 Å². The summed E-state index contributed by atoms with van der Waals surface area (Å²) >= 11 is 0. The zero-order valence-electron chi connectivity index (χ0n) is 15.1. The normalized spacial score (nSPS) is 12.5. The Morgan fingerprint density at radius 2 is 1.54 bits per heavy atom. The van der Waals surface area contributed by atoms with Crippen LogP contribution in [-0.2, 0) is 16.4 Å². The van der Waals surface area contributed by atoms with Crippen molar-refractivity contribution in [2.75, 3.05) is 21.3 Å². The molecule has 142 valence electrons. The summed E-state index contributed by atoms with van der Waals surface area (Å²) in [5.41, 5.74) is 0.905. The second-order valence-corrected chi connectivity index (χ2v) is 7.47. The van der Waals surface area contributed by atoms with E-state index in [1.54, 1.807) is 31.2 Å². The van der Waals surface area contributed by atoms with Crippen molar-refractivity contribution in [3.63, 3.8) is 0 Å². The third-order valence-electron chi connectivity index (χ3n) is 3.78. The Morgan fingerprint density at radius 3 is 2.00 bits per heavy atom. The zero-order chi connectivity index (χ0) is 19.3. The number of hydrogen-bond acceptors (Lipinski definition) is 6. The van der Waals surface area contributed by atoms with Crippen LogP contribution in [0.15, 0.2) is 41.3 Å². The number of sulfonamides is 1. The molecule has 26 heavy (non-hydrogen) atoms. The van der Waals surface area contributed by atoms with Crippen LogP contribution in [0.5, 0.6) is 23.0 Å². The van der Waals surface area contributed by atoms with Crippen molar-refractivity contribution in [1.29, 1.82) is 0 Å². The van der Waals surface area contributed by atoms with Crippen LogP contribution in [0.2, 0.25) is 0 Å². The first-order chi connectivity index (χ1) is 12.3. The molecule has 1 atom stereocenters. The minimum absolute atomic E-state index is 0.0181. The smallest absolute Gasteiger partial charge is 0.241 e. The van der Waals surface area contributed by atoms with Gasteiger partial charge in [-0.2, -0.15) is 0 Å². The summed E-state index contributed by atoms with van der Waals surface area (Å²) in [7, 11) is 0.508. The second-order valence-electron chi connectivity index (χ2n) is 5.75. The molecule has 0 radical (unpaired) electrons. The first kappa shape index (κ1) is 19.9. The summed E-state index contributed by atoms with van der Waals surface area (Å²) in [5, 5.41) is 9.32. The van der Waals surface area contributed by atoms with E-state index in [4.69, 9.17) is 14.2 Å². The summed E-state index contributed by atoms with van der Waals surface area (Å²) in [6.45, 7) is 1.77. The minimum atomic E-state index is -3.79. The highest BCUT2D eigenvalue weighted by atomic mass is 32.2. The molecule has 0 amide bonds. The predicted octanol–water partition coefficient (Wildman–Crippen LogP) is 2.33. The van der Waals surface area contributed by atoms with Gasteiger partial charge in [-0.15, -0.1) is 0 Å². The maximum atomic E-state index is 12.7. The molecular weight excluding hydrogens is 358 g/mol. The number of aromatic hydroxyl groups is 1. The molecule has 0 aromatic heterocycles. The number of rotatable bonds is 8.